The van der Waals surface area contributed by atoms with Crippen molar-refractivity contribution in [3.63, 3.8) is 0 Å². The lowest BCUT2D eigenvalue weighted by Gasteiger charge is -2.36. The Labute approximate surface area is 203 Å². The van der Waals surface area contributed by atoms with Crippen LogP contribution in [0.25, 0.3) is 0 Å². The second-order valence-corrected chi connectivity index (χ2v) is 12.1. The van der Waals surface area contributed by atoms with E-state index in [-0.39, 0.29) is 22.8 Å². The van der Waals surface area contributed by atoms with Gasteiger partial charge >= 0.3 is 0 Å². The largest absolute Gasteiger partial charge is 0.476 e. The molecule has 34 heavy (non-hydrogen) atoms. The molecule has 1 amide bonds. The van der Waals surface area contributed by atoms with Crippen molar-refractivity contribution in [3.05, 3.63) is 65.2 Å². The predicted molar refractivity (Wildman–Crippen MR) is 135 cm³/mol. The summed E-state index contributed by atoms with van der Waals surface area (Å²) in [6.45, 7) is 8.54. The van der Waals surface area contributed by atoms with Crippen LogP contribution in [0.1, 0.15) is 57.6 Å². The quantitative estimate of drug-likeness (QED) is 0.617. The summed E-state index contributed by atoms with van der Waals surface area (Å²) < 4.78 is 34.8. The van der Waals surface area contributed by atoms with Crippen molar-refractivity contribution in [2.75, 3.05) is 17.4 Å². The lowest BCUT2D eigenvalue weighted by molar-refractivity contribution is -0.127. The number of allylic oxidation sites excluding steroid dienone is 1. The third-order valence-electron chi connectivity index (χ3n) is 6.47. The number of benzene rings is 2. The first kappa shape index (κ1) is 24.3. The molecule has 7 heteroatoms. The van der Waals surface area contributed by atoms with E-state index in [1.54, 1.807) is 30.3 Å². The van der Waals surface area contributed by atoms with Gasteiger partial charge in [0.05, 0.1) is 17.1 Å². The van der Waals surface area contributed by atoms with Crippen LogP contribution in [0.2, 0.25) is 0 Å². The van der Waals surface area contributed by atoms with Crippen molar-refractivity contribution >= 4 is 21.6 Å². The van der Waals surface area contributed by atoms with Gasteiger partial charge in [-0.25, -0.2) is 8.42 Å². The predicted octanol–water partition coefficient (Wildman–Crippen LogP) is 4.87. The summed E-state index contributed by atoms with van der Waals surface area (Å²) in [4.78, 5) is 13.2. The van der Waals surface area contributed by atoms with Crippen LogP contribution >= 0.6 is 0 Å². The van der Waals surface area contributed by atoms with Crippen molar-refractivity contribution < 1.29 is 17.9 Å². The van der Waals surface area contributed by atoms with Crippen LogP contribution in [-0.2, 0) is 20.2 Å². The average Bonchev–Trinajstić information content (AvgIpc) is 2.81. The van der Waals surface area contributed by atoms with Gasteiger partial charge in [-0.2, -0.15) is 0 Å². The van der Waals surface area contributed by atoms with Gasteiger partial charge in [0, 0.05) is 6.54 Å². The molecule has 1 N–H and O–H groups in total. The van der Waals surface area contributed by atoms with Gasteiger partial charge in [0.2, 0.25) is 0 Å². The van der Waals surface area contributed by atoms with Gasteiger partial charge in [-0.3, -0.25) is 9.10 Å². The van der Waals surface area contributed by atoms with E-state index in [2.05, 4.69) is 32.2 Å². The number of carbonyl (C=O) groups excluding carboxylic acids is 1. The van der Waals surface area contributed by atoms with Crippen LogP contribution in [0.4, 0.5) is 5.69 Å². The maximum Gasteiger partial charge on any atom is 0.264 e. The summed E-state index contributed by atoms with van der Waals surface area (Å²) in [5, 5.41) is 2.95. The van der Waals surface area contributed by atoms with Crippen LogP contribution in [0, 0.1) is 6.92 Å². The second-order valence-electron chi connectivity index (χ2n) is 10.2. The Balaban J connectivity index is 1.67. The van der Waals surface area contributed by atoms with Crippen LogP contribution in [-0.4, -0.2) is 33.5 Å². The molecule has 4 rings (SSSR count). The molecule has 6 nitrogen and oxygen atoms in total. The molecule has 182 valence electrons. The average molecular weight is 483 g/mol. The first-order valence-corrected chi connectivity index (χ1v) is 13.4. The minimum Gasteiger partial charge on any atom is -0.476 e. The molecular formula is C27H34N2O4S. The molecule has 0 unspecified atom stereocenters. The number of hydrogen-bond acceptors (Lipinski definition) is 4. The molecule has 1 heterocycles. The fourth-order valence-corrected chi connectivity index (χ4v) is 5.77. The molecule has 1 atom stereocenters. The highest BCUT2D eigenvalue weighted by Crippen LogP contribution is 2.40. The Morgan fingerprint density at radius 3 is 2.50 bits per heavy atom. The number of rotatable bonds is 5. The van der Waals surface area contributed by atoms with Gasteiger partial charge in [0.15, 0.2) is 6.10 Å². The van der Waals surface area contributed by atoms with Gasteiger partial charge in [-0.1, -0.05) is 56.2 Å². The van der Waals surface area contributed by atoms with Gasteiger partial charge in [-0.05, 0) is 67.9 Å². The maximum absolute atomic E-state index is 13.7. The SMILES string of the molecule is Cc1ccc(S(=O)(=O)N2C[C@@H](C(=O)NCC3=CCCCC3)Oc3ccc(C(C)(C)C)cc32)cc1. The van der Waals surface area contributed by atoms with E-state index in [9.17, 15) is 13.2 Å². The van der Waals surface area contributed by atoms with Crippen molar-refractivity contribution in [2.45, 2.75) is 69.8 Å². The van der Waals surface area contributed by atoms with Crippen LogP contribution in [0.15, 0.2) is 59.0 Å². The molecule has 0 radical (unpaired) electrons. The summed E-state index contributed by atoms with van der Waals surface area (Å²) in [5.41, 5.74) is 3.48. The number of hydrogen-bond donors (Lipinski definition) is 1. The normalized spacial score (nSPS) is 18.5. The van der Waals surface area contributed by atoms with E-state index in [0.29, 0.717) is 18.0 Å². The summed E-state index contributed by atoms with van der Waals surface area (Å²) in [6, 6.07) is 12.3. The van der Waals surface area contributed by atoms with E-state index in [4.69, 9.17) is 4.74 Å². The van der Waals surface area contributed by atoms with Gasteiger partial charge in [0.1, 0.15) is 5.75 Å². The van der Waals surface area contributed by atoms with Crippen molar-refractivity contribution in [3.8, 4) is 5.75 Å². The zero-order chi connectivity index (χ0) is 24.5. The number of anilines is 1. The Kier molecular flexibility index (Phi) is 6.76. The van der Waals surface area contributed by atoms with Crippen LogP contribution < -0.4 is 14.4 Å². The highest BCUT2D eigenvalue weighted by molar-refractivity contribution is 7.92. The molecule has 0 saturated heterocycles. The molecule has 0 aromatic heterocycles. The minimum atomic E-state index is -3.89. The molecule has 2 aromatic rings. The first-order valence-electron chi connectivity index (χ1n) is 11.9. The number of amides is 1. The summed E-state index contributed by atoms with van der Waals surface area (Å²) in [5.74, 6) is 0.0908. The zero-order valence-electron chi connectivity index (χ0n) is 20.4. The Morgan fingerprint density at radius 1 is 1.12 bits per heavy atom. The lowest BCUT2D eigenvalue weighted by Crippen LogP contribution is -2.51. The summed E-state index contributed by atoms with van der Waals surface area (Å²) in [7, 11) is -3.89. The van der Waals surface area contributed by atoms with Gasteiger partial charge < -0.3 is 10.1 Å². The van der Waals surface area contributed by atoms with Crippen LogP contribution in [0.3, 0.4) is 0 Å². The third kappa shape index (κ3) is 5.14. The Hall–Kier alpha value is -2.80. The molecule has 1 aliphatic heterocycles. The Bertz CT molecular complexity index is 1190. The smallest absolute Gasteiger partial charge is 0.264 e. The molecular weight excluding hydrogens is 448 g/mol. The van der Waals surface area contributed by atoms with Crippen LogP contribution in [0.5, 0.6) is 5.75 Å². The number of nitrogens with one attached hydrogen (secondary N) is 1. The fraction of sp³-hybridized carbons (Fsp3) is 0.444. The van der Waals surface area contributed by atoms with E-state index in [1.807, 2.05) is 19.1 Å². The molecule has 0 fully saturated rings. The molecule has 0 saturated carbocycles. The van der Waals surface area contributed by atoms with E-state index < -0.39 is 16.1 Å². The number of carbonyl (C=O) groups is 1. The summed E-state index contributed by atoms with van der Waals surface area (Å²) in [6.07, 6.45) is 5.59. The standard InChI is InChI=1S/C27H34N2O4S/c1-19-10-13-22(14-11-19)34(31,32)29-18-25(26(30)28-17-20-8-6-5-7-9-20)33-24-15-12-21(16-23(24)29)27(2,3)4/h8,10-16,25H,5-7,9,17-18H2,1-4H3,(H,28,30)/t25-/m0/s1. The van der Waals surface area contributed by atoms with E-state index in [0.717, 1.165) is 30.4 Å². The highest BCUT2D eigenvalue weighted by atomic mass is 32.2. The molecule has 0 spiro atoms. The van der Waals surface area contributed by atoms with Crippen molar-refractivity contribution in [1.82, 2.24) is 5.32 Å². The molecule has 0 bridgehead atoms. The topological polar surface area (TPSA) is 75.7 Å². The molecule has 2 aliphatic rings. The van der Waals surface area contributed by atoms with Gasteiger partial charge in [0.25, 0.3) is 15.9 Å². The van der Waals surface area contributed by atoms with Crippen molar-refractivity contribution in [2.24, 2.45) is 0 Å². The van der Waals surface area contributed by atoms with Gasteiger partial charge in [-0.15, -0.1) is 0 Å². The monoisotopic (exact) mass is 482 g/mol. The lowest BCUT2D eigenvalue weighted by atomic mass is 9.86. The number of nitrogens with zero attached hydrogens (tertiary/aromatic N) is 1. The number of sulfonamides is 1. The zero-order valence-corrected chi connectivity index (χ0v) is 21.2. The Morgan fingerprint density at radius 2 is 1.85 bits per heavy atom. The van der Waals surface area contributed by atoms with Crippen molar-refractivity contribution in [1.29, 1.82) is 0 Å². The first-order chi connectivity index (χ1) is 16.1. The minimum absolute atomic E-state index is 0.0817. The molecule has 2 aromatic carbocycles. The molecule has 1 aliphatic carbocycles. The summed E-state index contributed by atoms with van der Waals surface area (Å²) >= 11 is 0. The number of fused-ring (bicyclic) bond motifs is 1. The maximum atomic E-state index is 13.7. The fourth-order valence-electron chi connectivity index (χ4n) is 4.30. The number of aryl methyl sites for hydroxylation is 1. The highest BCUT2D eigenvalue weighted by Gasteiger charge is 2.38. The second kappa shape index (κ2) is 9.45. The number of ether oxygens (including phenoxy) is 1. The van der Waals surface area contributed by atoms with E-state index >= 15 is 0 Å². The third-order valence-corrected chi connectivity index (χ3v) is 8.26. The van der Waals surface area contributed by atoms with E-state index in [1.165, 1.54) is 16.3 Å².